The molecule has 0 aliphatic heterocycles. The molecule has 2 aliphatic rings. The highest BCUT2D eigenvalue weighted by Gasteiger charge is 2.69. The Labute approximate surface area is 101 Å². The summed E-state index contributed by atoms with van der Waals surface area (Å²) in [6.07, 6.45) is 6.55. The van der Waals surface area contributed by atoms with E-state index < -0.39 is 5.41 Å². The van der Waals surface area contributed by atoms with Crippen molar-refractivity contribution < 1.29 is 9.53 Å². The number of methoxy groups -OCH3 is 1. The molecule has 3 atom stereocenters. The van der Waals surface area contributed by atoms with Crippen molar-refractivity contribution in [2.24, 2.45) is 11.8 Å². The van der Waals surface area contributed by atoms with Gasteiger partial charge in [0, 0.05) is 5.92 Å². The zero-order chi connectivity index (χ0) is 11.9. The molecular formula is C15H16O2. The Kier molecular flexibility index (Phi) is 2.32. The Morgan fingerprint density at radius 3 is 2.71 bits per heavy atom. The van der Waals surface area contributed by atoms with Crippen molar-refractivity contribution in [2.45, 2.75) is 18.3 Å². The first-order valence-corrected chi connectivity index (χ1v) is 6.12. The molecule has 0 saturated heterocycles. The number of rotatable bonds is 2. The van der Waals surface area contributed by atoms with Crippen LogP contribution in [0.5, 0.6) is 0 Å². The third kappa shape index (κ3) is 1.30. The topological polar surface area (TPSA) is 26.3 Å². The van der Waals surface area contributed by atoms with Crippen molar-refractivity contribution >= 4 is 5.97 Å². The third-order valence-electron chi connectivity index (χ3n) is 4.20. The van der Waals surface area contributed by atoms with E-state index >= 15 is 0 Å². The van der Waals surface area contributed by atoms with Crippen LogP contribution in [-0.4, -0.2) is 13.1 Å². The molecule has 0 N–H and O–H groups in total. The standard InChI is InChI=1S/C15H16O2/c1-17-14(16)15(11-7-3-2-4-8-11)12-9-5-6-10-13(12)15/h2-5,7-9,12-13H,6,10H2,1H3. The summed E-state index contributed by atoms with van der Waals surface area (Å²) in [4.78, 5) is 12.2. The lowest BCUT2D eigenvalue weighted by atomic mass is 9.91. The first-order chi connectivity index (χ1) is 8.31. The number of benzene rings is 1. The van der Waals surface area contributed by atoms with E-state index in [4.69, 9.17) is 4.74 Å². The van der Waals surface area contributed by atoms with Crippen LogP contribution in [-0.2, 0) is 14.9 Å². The first-order valence-electron chi connectivity index (χ1n) is 6.12. The fraction of sp³-hybridized carbons (Fsp3) is 0.400. The van der Waals surface area contributed by atoms with Gasteiger partial charge in [0.25, 0.3) is 0 Å². The van der Waals surface area contributed by atoms with Crippen LogP contribution in [0.25, 0.3) is 0 Å². The van der Waals surface area contributed by atoms with Gasteiger partial charge in [-0.25, -0.2) is 0 Å². The van der Waals surface area contributed by atoms with Crippen LogP contribution in [0.1, 0.15) is 18.4 Å². The molecule has 3 rings (SSSR count). The van der Waals surface area contributed by atoms with Gasteiger partial charge in [0.2, 0.25) is 0 Å². The van der Waals surface area contributed by atoms with Gasteiger partial charge in [0.05, 0.1) is 7.11 Å². The van der Waals surface area contributed by atoms with Crippen LogP contribution < -0.4 is 0 Å². The van der Waals surface area contributed by atoms with Crippen molar-refractivity contribution in [1.82, 2.24) is 0 Å². The second-order valence-corrected chi connectivity index (χ2v) is 4.86. The van der Waals surface area contributed by atoms with Crippen LogP contribution in [0.3, 0.4) is 0 Å². The van der Waals surface area contributed by atoms with Crippen molar-refractivity contribution in [1.29, 1.82) is 0 Å². The van der Waals surface area contributed by atoms with Gasteiger partial charge >= 0.3 is 5.97 Å². The summed E-state index contributed by atoms with van der Waals surface area (Å²) in [5, 5.41) is 0. The van der Waals surface area contributed by atoms with Crippen LogP contribution in [0.2, 0.25) is 0 Å². The van der Waals surface area contributed by atoms with Gasteiger partial charge in [-0.15, -0.1) is 0 Å². The maximum Gasteiger partial charge on any atom is 0.317 e. The Morgan fingerprint density at radius 2 is 2.12 bits per heavy atom. The van der Waals surface area contributed by atoms with Crippen LogP contribution in [0, 0.1) is 11.8 Å². The van der Waals surface area contributed by atoms with Gasteiger partial charge in [-0.3, -0.25) is 4.79 Å². The van der Waals surface area contributed by atoms with E-state index in [1.165, 1.54) is 7.11 Å². The second-order valence-electron chi connectivity index (χ2n) is 4.86. The molecule has 1 saturated carbocycles. The number of hydrogen-bond acceptors (Lipinski definition) is 2. The third-order valence-corrected chi connectivity index (χ3v) is 4.20. The van der Waals surface area contributed by atoms with E-state index in [0.29, 0.717) is 11.8 Å². The molecule has 88 valence electrons. The molecule has 0 radical (unpaired) electrons. The predicted molar refractivity (Wildman–Crippen MR) is 65.5 cm³/mol. The molecule has 2 nitrogen and oxygen atoms in total. The zero-order valence-electron chi connectivity index (χ0n) is 9.93. The summed E-state index contributed by atoms with van der Waals surface area (Å²) in [7, 11) is 1.49. The highest BCUT2D eigenvalue weighted by molar-refractivity contribution is 5.89. The zero-order valence-corrected chi connectivity index (χ0v) is 9.93. The van der Waals surface area contributed by atoms with Crippen molar-refractivity contribution in [2.75, 3.05) is 7.11 Å². The van der Waals surface area contributed by atoms with Crippen LogP contribution in [0.15, 0.2) is 42.5 Å². The highest BCUT2D eigenvalue weighted by Crippen LogP contribution is 2.64. The smallest absolute Gasteiger partial charge is 0.317 e. The molecule has 17 heavy (non-hydrogen) atoms. The fourth-order valence-corrected chi connectivity index (χ4v) is 3.40. The van der Waals surface area contributed by atoms with E-state index in [0.717, 1.165) is 18.4 Å². The quantitative estimate of drug-likeness (QED) is 0.574. The molecule has 0 amide bonds. The summed E-state index contributed by atoms with van der Waals surface area (Å²) >= 11 is 0. The summed E-state index contributed by atoms with van der Waals surface area (Å²) in [5.41, 5.74) is 0.705. The van der Waals surface area contributed by atoms with Crippen LogP contribution in [0.4, 0.5) is 0 Å². The minimum atomic E-state index is -0.400. The lowest BCUT2D eigenvalue weighted by molar-refractivity contribution is -0.144. The van der Waals surface area contributed by atoms with E-state index in [-0.39, 0.29) is 5.97 Å². The minimum absolute atomic E-state index is 0.0785. The monoisotopic (exact) mass is 228 g/mol. The molecule has 3 unspecified atom stereocenters. The molecule has 1 aromatic carbocycles. The van der Waals surface area contributed by atoms with E-state index in [1.54, 1.807) is 0 Å². The summed E-state index contributed by atoms with van der Waals surface area (Å²) in [6, 6.07) is 10.1. The summed E-state index contributed by atoms with van der Waals surface area (Å²) in [5.74, 6) is 0.693. The van der Waals surface area contributed by atoms with Gasteiger partial charge in [0.1, 0.15) is 5.41 Å². The SMILES string of the molecule is COC(=O)C1(c2ccccc2)C2C=CCCC21. The molecule has 0 heterocycles. The number of esters is 1. The van der Waals surface area contributed by atoms with E-state index in [2.05, 4.69) is 12.2 Å². The molecule has 2 aliphatic carbocycles. The highest BCUT2D eigenvalue weighted by atomic mass is 16.5. The molecule has 0 spiro atoms. The molecule has 0 aromatic heterocycles. The van der Waals surface area contributed by atoms with Gasteiger partial charge in [-0.05, 0) is 24.3 Å². The first kappa shape index (κ1) is 10.6. The predicted octanol–water partition coefficient (Wildman–Crippen LogP) is 2.69. The lowest BCUT2D eigenvalue weighted by Crippen LogP contribution is -2.25. The molecule has 1 aromatic rings. The maximum absolute atomic E-state index is 12.2. The Balaban J connectivity index is 2.06. The van der Waals surface area contributed by atoms with Gasteiger partial charge in [-0.2, -0.15) is 0 Å². The average Bonchev–Trinajstić information content (AvgIpc) is 3.09. The van der Waals surface area contributed by atoms with Gasteiger partial charge in [-0.1, -0.05) is 42.5 Å². The largest absolute Gasteiger partial charge is 0.468 e. The second kappa shape index (κ2) is 3.73. The fourth-order valence-electron chi connectivity index (χ4n) is 3.40. The Bertz CT molecular complexity index is 463. The minimum Gasteiger partial charge on any atom is -0.468 e. The number of fused-ring (bicyclic) bond motifs is 1. The number of allylic oxidation sites excluding steroid dienone is 2. The normalized spacial score (nSPS) is 33.9. The maximum atomic E-state index is 12.2. The van der Waals surface area contributed by atoms with E-state index in [1.807, 2.05) is 30.3 Å². The number of hydrogen-bond donors (Lipinski definition) is 0. The molecular weight excluding hydrogens is 212 g/mol. The number of carbonyl (C=O) groups is 1. The summed E-state index contributed by atoms with van der Waals surface area (Å²) < 4.78 is 5.05. The molecule has 1 fully saturated rings. The lowest BCUT2D eigenvalue weighted by Gasteiger charge is -2.15. The Hall–Kier alpha value is -1.57. The van der Waals surface area contributed by atoms with Crippen molar-refractivity contribution in [3.05, 3.63) is 48.0 Å². The number of carbonyl (C=O) groups excluding carboxylic acids is 1. The molecule has 2 heteroatoms. The van der Waals surface area contributed by atoms with E-state index in [9.17, 15) is 4.79 Å². The number of ether oxygens (including phenoxy) is 1. The van der Waals surface area contributed by atoms with Gasteiger partial charge < -0.3 is 4.74 Å². The average molecular weight is 228 g/mol. The Morgan fingerprint density at radius 1 is 1.35 bits per heavy atom. The molecule has 0 bridgehead atoms. The van der Waals surface area contributed by atoms with Crippen molar-refractivity contribution in [3.63, 3.8) is 0 Å². The van der Waals surface area contributed by atoms with Gasteiger partial charge in [0.15, 0.2) is 0 Å². The summed E-state index contributed by atoms with van der Waals surface area (Å²) in [6.45, 7) is 0. The van der Waals surface area contributed by atoms with Crippen molar-refractivity contribution in [3.8, 4) is 0 Å². The van der Waals surface area contributed by atoms with Crippen LogP contribution >= 0.6 is 0 Å².